The summed E-state index contributed by atoms with van der Waals surface area (Å²) in [7, 11) is 0. The van der Waals surface area contributed by atoms with E-state index in [0.29, 0.717) is 11.3 Å². The summed E-state index contributed by atoms with van der Waals surface area (Å²) < 4.78 is 5.37. The Bertz CT molecular complexity index is 727. The molecule has 0 bridgehead atoms. The van der Waals surface area contributed by atoms with Gasteiger partial charge in [-0.3, -0.25) is 9.59 Å². The molecule has 6 heteroatoms. The third-order valence-electron chi connectivity index (χ3n) is 3.05. The number of aliphatic carboxylic acids is 1. The van der Waals surface area contributed by atoms with E-state index in [1.54, 1.807) is 12.1 Å². The molecule has 2 aromatic rings. The minimum Gasteiger partial charge on any atom is -0.506 e. The number of rotatable bonds is 6. The smallest absolute Gasteiger partial charge is 0.307 e. The molecule has 0 atom stereocenters. The van der Waals surface area contributed by atoms with Crippen LogP contribution in [0.1, 0.15) is 11.1 Å². The Balaban J connectivity index is 1.98. The Morgan fingerprint density at radius 2 is 1.96 bits per heavy atom. The van der Waals surface area contributed by atoms with E-state index >= 15 is 0 Å². The standard InChI is InChI=1S/C17H17NO5/c1-11-3-2-4-13(7-11)23-10-16(20)18-14-8-12(9-17(21)22)5-6-15(14)19/h2-8,19H,9-10H2,1H3,(H,18,20)(H,21,22). The maximum Gasteiger partial charge on any atom is 0.307 e. The van der Waals surface area contributed by atoms with Crippen molar-refractivity contribution in [1.29, 1.82) is 0 Å². The lowest BCUT2D eigenvalue weighted by Crippen LogP contribution is -2.20. The average Bonchev–Trinajstić information content (AvgIpc) is 2.48. The molecular formula is C17H17NO5. The number of amides is 1. The number of carboxylic acid groups (broad SMARTS) is 1. The first-order valence-electron chi connectivity index (χ1n) is 6.97. The van der Waals surface area contributed by atoms with Crippen molar-refractivity contribution in [2.45, 2.75) is 13.3 Å². The molecule has 0 aliphatic heterocycles. The van der Waals surface area contributed by atoms with Gasteiger partial charge in [-0.1, -0.05) is 18.2 Å². The second-order valence-electron chi connectivity index (χ2n) is 5.08. The molecular weight excluding hydrogens is 298 g/mol. The van der Waals surface area contributed by atoms with Gasteiger partial charge in [-0.2, -0.15) is 0 Å². The molecule has 2 aromatic carbocycles. The number of aromatic hydroxyl groups is 1. The van der Waals surface area contributed by atoms with Crippen LogP contribution >= 0.6 is 0 Å². The molecule has 23 heavy (non-hydrogen) atoms. The quantitative estimate of drug-likeness (QED) is 0.711. The van der Waals surface area contributed by atoms with Crippen LogP contribution in [0.2, 0.25) is 0 Å². The van der Waals surface area contributed by atoms with Gasteiger partial charge < -0.3 is 20.3 Å². The number of hydrogen-bond acceptors (Lipinski definition) is 4. The fraction of sp³-hybridized carbons (Fsp3) is 0.176. The number of carbonyl (C=O) groups excluding carboxylic acids is 1. The number of carbonyl (C=O) groups is 2. The van der Waals surface area contributed by atoms with Gasteiger partial charge in [-0.05, 0) is 42.3 Å². The molecule has 2 rings (SSSR count). The second-order valence-corrected chi connectivity index (χ2v) is 5.08. The summed E-state index contributed by atoms with van der Waals surface area (Å²) in [6, 6.07) is 11.5. The molecule has 0 radical (unpaired) electrons. The molecule has 0 saturated carbocycles. The lowest BCUT2D eigenvalue weighted by Gasteiger charge is -2.10. The highest BCUT2D eigenvalue weighted by molar-refractivity contribution is 5.93. The number of ether oxygens (including phenoxy) is 1. The van der Waals surface area contributed by atoms with E-state index in [9.17, 15) is 14.7 Å². The summed E-state index contributed by atoms with van der Waals surface area (Å²) in [6.07, 6.45) is -0.192. The van der Waals surface area contributed by atoms with Crippen molar-refractivity contribution >= 4 is 17.6 Å². The highest BCUT2D eigenvalue weighted by Gasteiger charge is 2.10. The van der Waals surface area contributed by atoms with Gasteiger partial charge in [-0.25, -0.2) is 0 Å². The van der Waals surface area contributed by atoms with Crippen LogP contribution in [0, 0.1) is 6.92 Å². The van der Waals surface area contributed by atoms with E-state index in [2.05, 4.69) is 5.32 Å². The Labute approximate surface area is 133 Å². The van der Waals surface area contributed by atoms with Gasteiger partial charge >= 0.3 is 5.97 Å². The van der Waals surface area contributed by atoms with E-state index in [-0.39, 0.29) is 24.5 Å². The Morgan fingerprint density at radius 1 is 1.17 bits per heavy atom. The van der Waals surface area contributed by atoms with Crippen LogP contribution in [-0.2, 0) is 16.0 Å². The molecule has 120 valence electrons. The van der Waals surface area contributed by atoms with E-state index in [0.717, 1.165) is 5.56 Å². The van der Waals surface area contributed by atoms with Crippen LogP contribution < -0.4 is 10.1 Å². The van der Waals surface area contributed by atoms with E-state index in [1.165, 1.54) is 18.2 Å². The molecule has 0 aliphatic carbocycles. The van der Waals surface area contributed by atoms with Crippen LogP contribution in [0.4, 0.5) is 5.69 Å². The average molecular weight is 315 g/mol. The van der Waals surface area contributed by atoms with Crippen LogP contribution in [0.15, 0.2) is 42.5 Å². The molecule has 0 heterocycles. The lowest BCUT2D eigenvalue weighted by molar-refractivity contribution is -0.136. The van der Waals surface area contributed by atoms with Crippen molar-refractivity contribution in [2.75, 3.05) is 11.9 Å². The number of phenols is 1. The first kappa shape index (κ1) is 16.4. The van der Waals surface area contributed by atoms with Crippen molar-refractivity contribution in [3.63, 3.8) is 0 Å². The number of nitrogens with one attached hydrogen (secondary N) is 1. The number of phenolic OH excluding ortho intramolecular Hbond substituents is 1. The van der Waals surface area contributed by atoms with Crippen LogP contribution in [-0.4, -0.2) is 28.7 Å². The minimum absolute atomic E-state index is 0.136. The van der Waals surface area contributed by atoms with Crippen LogP contribution in [0.5, 0.6) is 11.5 Å². The predicted octanol–water partition coefficient (Wildman–Crippen LogP) is 2.35. The third kappa shape index (κ3) is 5.03. The van der Waals surface area contributed by atoms with E-state index in [1.807, 2.05) is 19.1 Å². The molecule has 0 spiro atoms. The largest absolute Gasteiger partial charge is 0.506 e. The maximum atomic E-state index is 11.9. The maximum absolute atomic E-state index is 11.9. The predicted molar refractivity (Wildman–Crippen MR) is 84.8 cm³/mol. The molecule has 0 fully saturated rings. The van der Waals surface area contributed by atoms with Crippen molar-refractivity contribution in [3.05, 3.63) is 53.6 Å². The van der Waals surface area contributed by atoms with Gasteiger partial charge in [0, 0.05) is 0 Å². The zero-order valence-electron chi connectivity index (χ0n) is 12.6. The summed E-state index contributed by atoms with van der Waals surface area (Å²) in [4.78, 5) is 22.6. The number of benzene rings is 2. The molecule has 0 unspecified atom stereocenters. The van der Waals surface area contributed by atoms with E-state index in [4.69, 9.17) is 9.84 Å². The zero-order chi connectivity index (χ0) is 16.8. The van der Waals surface area contributed by atoms with Crippen LogP contribution in [0.25, 0.3) is 0 Å². The van der Waals surface area contributed by atoms with Crippen molar-refractivity contribution in [2.24, 2.45) is 0 Å². The van der Waals surface area contributed by atoms with Gasteiger partial charge in [-0.15, -0.1) is 0 Å². The first-order valence-corrected chi connectivity index (χ1v) is 6.97. The number of carboxylic acids is 1. The SMILES string of the molecule is Cc1cccc(OCC(=O)Nc2cc(CC(=O)O)ccc2O)c1. The highest BCUT2D eigenvalue weighted by Crippen LogP contribution is 2.24. The molecule has 0 saturated heterocycles. The fourth-order valence-electron chi connectivity index (χ4n) is 2.01. The molecule has 6 nitrogen and oxygen atoms in total. The summed E-state index contributed by atoms with van der Waals surface area (Å²) >= 11 is 0. The summed E-state index contributed by atoms with van der Waals surface area (Å²) in [6.45, 7) is 1.70. The fourth-order valence-corrected chi connectivity index (χ4v) is 2.01. The Morgan fingerprint density at radius 3 is 2.65 bits per heavy atom. The van der Waals surface area contributed by atoms with Gasteiger partial charge in [0.1, 0.15) is 11.5 Å². The second kappa shape index (κ2) is 7.31. The molecule has 3 N–H and O–H groups in total. The first-order chi connectivity index (χ1) is 10.9. The van der Waals surface area contributed by atoms with Crippen LogP contribution in [0.3, 0.4) is 0 Å². The topological polar surface area (TPSA) is 95.9 Å². The van der Waals surface area contributed by atoms with E-state index < -0.39 is 11.9 Å². The van der Waals surface area contributed by atoms with Gasteiger partial charge in [0.05, 0.1) is 12.1 Å². The molecule has 0 aliphatic rings. The monoisotopic (exact) mass is 315 g/mol. The number of anilines is 1. The summed E-state index contributed by atoms with van der Waals surface area (Å²) in [5.41, 5.74) is 1.65. The summed E-state index contributed by atoms with van der Waals surface area (Å²) in [5, 5.41) is 21.0. The minimum atomic E-state index is -0.990. The Hall–Kier alpha value is -3.02. The molecule has 1 amide bonds. The van der Waals surface area contributed by atoms with Crippen molar-refractivity contribution in [3.8, 4) is 11.5 Å². The zero-order valence-corrected chi connectivity index (χ0v) is 12.6. The van der Waals surface area contributed by atoms with Crippen molar-refractivity contribution in [1.82, 2.24) is 0 Å². The van der Waals surface area contributed by atoms with Crippen molar-refractivity contribution < 1.29 is 24.5 Å². The van der Waals surface area contributed by atoms with Gasteiger partial charge in [0.15, 0.2) is 6.61 Å². The normalized spacial score (nSPS) is 10.1. The Kier molecular flexibility index (Phi) is 5.19. The lowest BCUT2D eigenvalue weighted by atomic mass is 10.1. The van der Waals surface area contributed by atoms with Gasteiger partial charge in [0.2, 0.25) is 0 Å². The highest BCUT2D eigenvalue weighted by atomic mass is 16.5. The third-order valence-corrected chi connectivity index (χ3v) is 3.05. The number of hydrogen-bond donors (Lipinski definition) is 3. The number of aryl methyl sites for hydroxylation is 1. The molecule has 0 aromatic heterocycles. The summed E-state index contributed by atoms with van der Waals surface area (Å²) in [5.74, 6) is -1.00. The van der Waals surface area contributed by atoms with Gasteiger partial charge in [0.25, 0.3) is 5.91 Å².